The maximum absolute atomic E-state index is 13.6. The van der Waals surface area contributed by atoms with Crippen LogP contribution in [0.25, 0.3) is 0 Å². The number of amides is 1. The van der Waals surface area contributed by atoms with Crippen LogP contribution in [-0.4, -0.2) is 30.9 Å². The van der Waals surface area contributed by atoms with Crippen LogP contribution in [0.4, 0.5) is 8.78 Å². The van der Waals surface area contributed by atoms with E-state index >= 15 is 0 Å². The van der Waals surface area contributed by atoms with Crippen molar-refractivity contribution in [3.63, 3.8) is 0 Å². The van der Waals surface area contributed by atoms with Gasteiger partial charge in [-0.2, -0.15) is 0 Å². The van der Waals surface area contributed by atoms with Crippen LogP contribution in [0.3, 0.4) is 0 Å². The number of nitrogens with zero attached hydrogens (tertiary/aromatic N) is 1. The lowest BCUT2D eigenvalue weighted by Gasteiger charge is -2.36. The number of nitrogens with one attached hydrogen (secondary N) is 1. The Bertz CT molecular complexity index is 499. The van der Waals surface area contributed by atoms with Gasteiger partial charge in [0, 0.05) is 30.6 Å². The molecule has 1 amide bonds. The van der Waals surface area contributed by atoms with Gasteiger partial charge in [-0.3, -0.25) is 4.79 Å². The topological polar surface area (TPSA) is 32.3 Å². The highest BCUT2D eigenvalue weighted by Crippen LogP contribution is 2.30. The molecule has 2 rings (SSSR count). The first-order chi connectivity index (χ1) is 9.42. The summed E-state index contributed by atoms with van der Waals surface area (Å²) >= 11 is 0. The maximum atomic E-state index is 13.6. The first-order valence-corrected chi connectivity index (χ1v) is 6.82. The fraction of sp³-hybridized carbons (Fsp3) is 0.533. The maximum Gasteiger partial charge on any atom is 0.228 e. The van der Waals surface area contributed by atoms with E-state index in [1.54, 1.807) is 7.05 Å². The summed E-state index contributed by atoms with van der Waals surface area (Å²) in [7, 11) is 1.67. The first-order valence-electron chi connectivity index (χ1n) is 6.82. The Balaban J connectivity index is 2.07. The zero-order valence-corrected chi connectivity index (χ0v) is 11.9. The number of hydrogen-bond donors (Lipinski definition) is 1. The summed E-state index contributed by atoms with van der Waals surface area (Å²) in [5, 5.41) is 3.23. The van der Waals surface area contributed by atoms with Gasteiger partial charge in [-0.05, 0) is 32.0 Å². The minimum absolute atomic E-state index is 0.0164. The van der Waals surface area contributed by atoms with Crippen molar-refractivity contribution < 1.29 is 13.6 Å². The predicted molar refractivity (Wildman–Crippen MR) is 73.0 cm³/mol. The molecule has 110 valence electrons. The van der Waals surface area contributed by atoms with E-state index in [4.69, 9.17) is 0 Å². The second-order valence-electron chi connectivity index (χ2n) is 5.71. The summed E-state index contributed by atoms with van der Waals surface area (Å²) in [6.45, 7) is 3.75. The van der Waals surface area contributed by atoms with E-state index in [0.717, 1.165) is 32.0 Å². The third kappa shape index (κ3) is 3.15. The lowest BCUT2D eigenvalue weighted by atomic mass is 9.79. The highest BCUT2D eigenvalue weighted by atomic mass is 19.1. The fourth-order valence-corrected chi connectivity index (χ4v) is 2.63. The molecule has 0 radical (unpaired) electrons. The molecule has 1 aromatic carbocycles. The molecule has 1 N–H and O–H groups in total. The van der Waals surface area contributed by atoms with E-state index < -0.39 is 17.0 Å². The van der Waals surface area contributed by atoms with Crippen LogP contribution in [-0.2, 0) is 11.3 Å². The zero-order valence-electron chi connectivity index (χ0n) is 11.9. The second kappa shape index (κ2) is 5.87. The minimum atomic E-state index is -0.611. The highest BCUT2D eigenvalue weighted by Gasteiger charge is 2.36. The van der Waals surface area contributed by atoms with E-state index in [9.17, 15) is 13.6 Å². The predicted octanol–water partition coefficient (Wildman–Crippen LogP) is 2.31. The molecule has 0 unspecified atom stereocenters. The van der Waals surface area contributed by atoms with Crippen molar-refractivity contribution in [3.8, 4) is 0 Å². The first kappa shape index (κ1) is 14.9. The van der Waals surface area contributed by atoms with Gasteiger partial charge in [0.05, 0.1) is 0 Å². The van der Waals surface area contributed by atoms with Gasteiger partial charge in [-0.25, -0.2) is 8.78 Å². The Kier molecular flexibility index (Phi) is 4.38. The number of benzene rings is 1. The van der Waals surface area contributed by atoms with Crippen molar-refractivity contribution in [3.05, 3.63) is 35.4 Å². The molecule has 1 aliphatic rings. The Labute approximate surface area is 118 Å². The van der Waals surface area contributed by atoms with Crippen LogP contribution in [0.1, 0.15) is 25.3 Å². The molecule has 5 heteroatoms. The zero-order chi connectivity index (χ0) is 14.8. The molecule has 0 aromatic heterocycles. The normalized spacial score (nSPS) is 17.8. The minimum Gasteiger partial charge on any atom is -0.341 e. The van der Waals surface area contributed by atoms with Crippen LogP contribution in [0.2, 0.25) is 0 Å². The average molecular weight is 282 g/mol. The van der Waals surface area contributed by atoms with E-state index in [2.05, 4.69) is 5.32 Å². The standard InChI is InChI=1S/C15H20F2N2O/c1-15(5-7-18-8-6-15)14(20)19(2)10-11-3-4-12(16)9-13(11)17/h3-4,9,18H,5-8,10H2,1-2H3. The quantitative estimate of drug-likeness (QED) is 0.922. The van der Waals surface area contributed by atoms with Crippen LogP contribution in [0, 0.1) is 17.0 Å². The average Bonchev–Trinajstić information content (AvgIpc) is 2.42. The van der Waals surface area contributed by atoms with E-state index in [1.165, 1.54) is 17.0 Å². The van der Waals surface area contributed by atoms with Crippen molar-refractivity contribution in [1.29, 1.82) is 0 Å². The molecule has 1 fully saturated rings. The Morgan fingerprint density at radius 2 is 2.00 bits per heavy atom. The number of halogens is 2. The molecule has 1 aromatic rings. The van der Waals surface area contributed by atoms with Crippen molar-refractivity contribution in [2.24, 2.45) is 5.41 Å². The van der Waals surface area contributed by atoms with Gasteiger partial charge in [0.2, 0.25) is 5.91 Å². The number of piperidine rings is 1. The molecule has 0 saturated carbocycles. The van der Waals surface area contributed by atoms with Crippen LogP contribution >= 0.6 is 0 Å². The number of carbonyl (C=O) groups is 1. The third-order valence-electron chi connectivity index (χ3n) is 3.99. The Hall–Kier alpha value is -1.49. The van der Waals surface area contributed by atoms with Crippen LogP contribution in [0.5, 0.6) is 0 Å². The fourth-order valence-electron chi connectivity index (χ4n) is 2.63. The molecular weight excluding hydrogens is 262 g/mol. The highest BCUT2D eigenvalue weighted by molar-refractivity contribution is 5.82. The monoisotopic (exact) mass is 282 g/mol. The van der Waals surface area contributed by atoms with Crippen molar-refractivity contribution in [2.75, 3.05) is 20.1 Å². The van der Waals surface area contributed by atoms with Crippen molar-refractivity contribution in [2.45, 2.75) is 26.3 Å². The third-order valence-corrected chi connectivity index (χ3v) is 3.99. The lowest BCUT2D eigenvalue weighted by molar-refractivity contribution is -0.141. The Morgan fingerprint density at radius 3 is 2.60 bits per heavy atom. The summed E-state index contributed by atoms with van der Waals surface area (Å²) in [5.74, 6) is -1.20. The van der Waals surface area contributed by atoms with Gasteiger partial charge in [0.1, 0.15) is 11.6 Å². The molecule has 0 spiro atoms. The summed E-state index contributed by atoms with van der Waals surface area (Å²) in [6, 6.07) is 3.45. The SMILES string of the molecule is CN(Cc1ccc(F)cc1F)C(=O)C1(C)CCNCC1. The molecule has 3 nitrogen and oxygen atoms in total. The molecule has 0 aliphatic carbocycles. The van der Waals surface area contributed by atoms with Crippen LogP contribution < -0.4 is 5.32 Å². The van der Waals surface area contributed by atoms with E-state index in [1.807, 2.05) is 6.92 Å². The smallest absolute Gasteiger partial charge is 0.228 e. The second-order valence-corrected chi connectivity index (χ2v) is 5.71. The molecule has 1 aliphatic heterocycles. The summed E-state index contributed by atoms with van der Waals surface area (Å²) in [6.07, 6.45) is 1.56. The number of carbonyl (C=O) groups excluding carboxylic acids is 1. The molecule has 1 heterocycles. The molecule has 0 bridgehead atoms. The molecule has 0 atom stereocenters. The summed E-state index contributed by atoms with van der Waals surface area (Å²) < 4.78 is 26.5. The van der Waals surface area contributed by atoms with Crippen LogP contribution in [0.15, 0.2) is 18.2 Å². The number of rotatable bonds is 3. The molecular formula is C15H20F2N2O. The molecule has 20 heavy (non-hydrogen) atoms. The van der Waals surface area contributed by atoms with Gasteiger partial charge in [0.15, 0.2) is 0 Å². The molecule has 1 saturated heterocycles. The van der Waals surface area contributed by atoms with Gasteiger partial charge in [0.25, 0.3) is 0 Å². The van der Waals surface area contributed by atoms with Gasteiger partial charge < -0.3 is 10.2 Å². The lowest BCUT2D eigenvalue weighted by Crippen LogP contribution is -2.46. The number of hydrogen-bond acceptors (Lipinski definition) is 2. The van der Waals surface area contributed by atoms with Gasteiger partial charge in [-0.15, -0.1) is 0 Å². The summed E-state index contributed by atoms with van der Waals surface area (Å²) in [5.41, 5.74) is -0.0592. The summed E-state index contributed by atoms with van der Waals surface area (Å²) in [4.78, 5) is 14.0. The Morgan fingerprint density at radius 1 is 1.35 bits per heavy atom. The van der Waals surface area contributed by atoms with Gasteiger partial charge in [-0.1, -0.05) is 13.0 Å². The van der Waals surface area contributed by atoms with Gasteiger partial charge >= 0.3 is 0 Å². The van der Waals surface area contributed by atoms with E-state index in [0.29, 0.717) is 5.56 Å². The largest absolute Gasteiger partial charge is 0.341 e. The van der Waals surface area contributed by atoms with Crippen molar-refractivity contribution >= 4 is 5.91 Å². The van der Waals surface area contributed by atoms with E-state index in [-0.39, 0.29) is 12.5 Å². The van der Waals surface area contributed by atoms with Crippen molar-refractivity contribution in [1.82, 2.24) is 10.2 Å².